The van der Waals surface area contributed by atoms with Gasteiger partial charge in [0.15, 0.2) is 5.13 Å². The molecule has 132 valence electrons. The van der Waals surface area contributed by atoms with Gasteiger partial charge in [-0.15, -0.1) is 0 Å². The SMILES string of the molecule is CCOC(=O)c1cnc(NC(=O)c2ccc(Oc3ccccc3)cc2)s1. The molecule has 0 saturated heterocycles. The molecule has 0 spiro atoms. The second-order valence-corrected chi connectivity index (χ2v) is 6.17. The number of aromatic nitrogens is 1. The predicted octanol–water partition coefficient (Wildman–Crippen LogP) is 4.36. The number of ether oxygens (including phenoxy) is 2. The summed E-state index contributed by atoms with van der Waals surface area (Å²) in [6, 6.07) is 16.1. The van der Waals surface area contributed by atoms with Crippen LogP contribution in [0.3, 0.4) is 0 Å². The highest BCUT2D eigenvalue weighted by Crippen LogP contribution is 2.23. The molecule has 0 atom stereocenters. The molecule has 0 aliphatic carbocycles. The number of carbonyl (C=O) groups is 2. The lowest BCUT2D eigenvalue weighted by Crippen LogP contribution is -2.11. The van der Waals surface area contributed by atoms with E-state index in [9.17, 15) is 9.59 Å². The Bertz CT molecular complexity index is 891. The van der Waals surface area contributed by atoms with Crippen molar-refractivity contribution in [2.45, 2.75) is 6.92 Å². The predicted molar refractivity (Wildman–Crippen MR) is 99.0 cm³/mol. The Kier molecular flexibility index (Phi) is 5.60. The Hall–Kier alpha value is -3.19. The minimum atomic E-state index is -0.451. The molecule has 1 N–H and O–H groups in total. The van der Waals surface area contributed by atoms with Gasteiger partial charge in [-0.2, -0.15) is 0 Å². The van der Waals surface area contributed by atoms with E-state index in [4.69, 9.17) is 9.47 Å². The molecule has 7 heteroatoms. The number of hydrogen-bond donors (Lipinski definition) is 1. The van der Waals surface area contributed by atoms with Gasteiger partial charge in [0.2, 0.25) is 0 Å². The summed E-state index contributed by atoms with van der Waals surface area (Å²) >= 11 is 1.07. The van der Waals surface area contributed by atoms with E-state index in [0.29, 0.717) is 21.3 Å². The van der Waals surface area contributed by atoms with Crippen molar-refractivity contribution in [2.24, 2.45) is 0 Å². The van der Waals surface area contributed by atoms with Crippen molar-refractivity contribution in [1.82, 2.24) is 4.98 Å². The monoisotopic (exact) mass is 368 g/mol. The van der Waals surface area contributed by atoms with Gasteiger partial charge in [0.25, 0.3) is 5.91 Å². The molecule has 1 amide bonds. The molecule has 0 fully saturated rings. The third-order valence-corrected chi connectivity index (χ3v) is 4.19. The largest absolute Gasteiger partial charge is 0.462 e. The van der Waals surface area contributed by atoms with Crippen LogP contribution in [-0.2, 0) is 4.74 Å². The summed E-state index contributed by atoms with van der Waals surface area (Å²) in [4.78, 5) is 28.3. The second kappa shape index (κ2) is 8.26. The zero-order chi connectivity index (χ0) is 18.4. The number of rotatable bonds is 6. The Labute approximate surface area is 154 Å². The van der Waals surface area contributed by atoms with Crippen LogP contribution in [0.2, 0.25) is 0 Å². The molecule has 0 aliphatic rings. The fourth-order valence-corrected chi connectivity index (χ4v) is 2.80. The first-order valence-corrected chi connectivity index (χ1v) is 8.74. The maximum Gasteiger partial charge on any atom is 0.350 e. The molecule has 0 aliphatic heterocycles. The van der Waals surface area contributed by atoms with Crippen LogP contribution >= 0.6 is 11.3 Å². The number of amides is 1. The van der Waals surface area contributed by atoms with Gasteiger partial charge in [0.05, 0.1) is 12.8 Å². The van der Waals surface area contributed by atoms with E-state index < -0.39 is 5.97 Å². The number of para-hydroxylation sites is 1. The lowest BCUT2D eigenvalue weighted by atomic mass is 10.2. The van der Waals surface area contributed by atoms with E-state index >= 15 is 0 Å². The van der Waals surface area contributed by atoms with Crippen molar-refractivity contribution in [3.63, 3.8) is 0 Å². The molecule has 1 heterocycles. The Morgan fingerprint density at radius 2 is 1.73 bits per heavy atom. The summed E-state index contributed by atoms with van der Waals surface area (Å²) in [7, 11) is 0. The fraction of sp³-hybridized carbons (Fsp3) is 0.105. The van der Waals surface area contributed by atoms with E-state index in [-0.39, 0.29) is 12.5 Å². The van der Waals surface area contributed by atoms with Crippen molar-refractivity contribution in [2.75, 3.05) is 11.9 Å². The topological polar surface area (TPSA) is 77.5 Å². The van der Waals surface area contributed by atoms with Crippen molar-refractivity contribution in [1.29, 1.82) is 0 Å². The number of hydrogen-bond acceptors (Lipinski definition) is 6. The summed E-state index contributed by atoms with van der Waals surface area (Å²) in [5.41, 5.74) is 0.457. The summed E-state index contributed by atoms with van der Waals surface area (Å²) in [6.45, 7) is 2.02. The van der Waals surface area contributed by atoms with Crippen LogP contribution in [0.25, 0.3) is 0 Å². The Morgan fingerprint density at radius 3 is 2.42 bits per heavy atom. The normalized spacial score (nSPS) is 10.2. The van der Waals surface area contributed by atoms with E-state index in [0.717, 1.165) is 17.1 Å². The van der Waals surface area contributed by atoms with Gasteiger partial charge in [-0.05, 0) is 43.3 Å². The average molecular weight is 368 g/mol. The lowest BCUT2D eigenvalue weighted by molar-refractivity contribution is 0.0531. The van der Waals surface area contributed by atoms with Gasteiger partial charge in [-0.3, -0.25) is 10.1 Å². The van der Waals surface area contributed by atoms with Gasteiger partial charge >= 0.3 is 5.97 Å². The smallest absolute Gasteiger partial charge is 0.350 e. The third-order valence-electron chi connectivity index (χ3n) is 3.30. The number of esters is 1. The van der Waals surface area contributed by atoms with Gasteiger partial charge in [-0.1, -0.05) is 29.5 Å². The minimum absolute atomic E-state index is 0.288. The van der Waals surface area contributed by atoms with Gasteiger partial charge in [0.1, 0.15) is 16.4 Å². The second-order valence-electron chi connectivity index (χ2n) is 5.14. The molecule has 0 radical (unpaired) electrons. The minimum Gasteiger partial charge on any atom is -0.462 e. The molecule has 26 heavy (non-hydrogen) atoms. The molecule has 0 bridgehead atoms. The first-order valence-electron chi connectivity index (χ1n) is 7.93. The number of carbonyl (C=O) groups excluding carboxylic acids is 2. The summed E-state index contributed by atoms with van der Waals surface area (Å²) in [6.07, 6.45) is 1.38. The molecular formula is C19H16N2O4S. The number of anilines is 1. The standard InChI is InChI=1S/C19H16N2O4S/c1-2-24-18(23)16-12-20-19(26-16)21-17(22)13-8-10-15(11-9-13)25-14-6-4-3-5-7-14/h3-12H,2H2,1H3,(H,20,21,22). The first kappa shape index (κ1) is 17.6. The Balaban J connectivity index is 1.62. The van der Waals surface area contributed by atoms with Crippen LogP contribution in [0, 0.1) is 0 Å². The third kappa shape index (κ3) is 4.46. The number of nitrogens with zero attached hydrogens (tertiary/aromatic N) is 1. The number of nitrogens with one attached hydrogen (secondary N) is 1. The quantitative estimate of drug-likeness (QED) is 0.654. The van der Waals surface area contributed by atoms with Crippen LogP contribution in [0.4, 0.5) is 5.13 Å². The highest BCUT2D eigenvalue weighted by Gasteiger charge is 2.14. The summed E-state index contributed by atoms with van der Waals surface area (Å²) in [5, 5.41) is 3.00. The zero-order valence-electron chi connectivity index (χ0n) is 14.0. The van der Waals surface area contributed by atoms with Crippen molar-refractivity contribution in [3.8, 4) is 11.5 Å². The average Bonchev–Trinajstić information content (AvgIpc) is 3.12. The van der Waals surface area contributed by atoms with Crippen LogP contribution in [-0.4, -0.2) is 23.5 Å². The molecule has 0 unspecified atom stereocenters. The van der Waals surface area contributed by atoms with Crippen LogP contribution < -0.4 is 10.1 Å². The Morgan fingerprint density at radius 1 is 1.04 bits per heavy atom. The van der Waals surface area contributed by atoms with E-state index in [1.807, 2.05) is 30.3 Å². The van der Waals surface area contributed by atoms with Crippen molar-refractivity contribution in [3.05, 3.63) is 71.2 Å². The molecule has 1 aromatic heterocycles. The van der Waals surface area contributed by atoms with E-state index in [1.165, 1.54) is 6.20 Å². The first-order chi connectivity index (χ1) is 12.7. The van der Waals surface area contributed by atoms with Crippen LogP contribution in [0.1, 0.15) is 27.0 Å². The maximum absolute atomic E-state index is 12.3. The zero-order valence-corrected chi connectivity index (χ0v) is 14.8. The number of benzene rings is 2. The van der Waals surface area contributed by atoms with Crippen LogP contribution in [0.15, 0.2) is 60.8 Å². The molecule has 2 aromatic carbocycles. The summed E-state index contributed by atoms with van der Waals surface area (Å²) in [5.74, 6) is 0.583. The van der Waals surface area contributed by atoms with Gasteiger partial charge in [0, 0.05) is 5.56 Å². The lowest BCUT2D eigenvalue weighted by Gasteiger charge is -2.06. The van der Waals surface area contributed by atoms with Crippen LogP contribution in [0.5, 0.6) is 11.5 Å². The molecule has 6 nitrogen and oxygen atoms in total. The maximum atomic E-state index is 12.3. The molecule has 0 saturated carbocycles. The molecular weight excluding hydrogens is 352 g/mol. The highest BCUT2D eigenvalue weighted by atomic mass is 32.1. The molecule has 3 aromatic rings. The van der Waals surface area contributed by atoms with Crippen molar-refractivity contribution >= 4 is 28.3 Å². The van der Waals surface area contributed by atoms with Crippen molar-refractivity contribution < 1.29 is 19.1 Å². The van der Waals surface area contributed by atoms with E-state index in [1.54, 1.807) is 31.2 Å². The summed E-state index contributed by atoms with van der Waals surface area (Å²) < 4.78 is 10.6. The molecule has 3 rings (SSSR count). The van der Waals surface area contributed by atoms with E-state index in [2.05, 4.69) is 10.3 Å². The highest BCUT2D eigenvalue weighted by molar-refractivity contribution is 7.17. The number of thiazole rings is 1. The van der Waals surface area contributed by atoms with Gasteiger partial charge in [-0.25, -0.2) is 9.78 Å². The fourth-order valence-electron chi connectivity index (χ4n) is 2.10. The van der Waals surface area contributed by atoms with Gasteiger partial charge < -0.3 is 9.47 Å².